The van der Waals surface area contributed by atoms with E-state index in [0.29, 0.717) is 19.4 Å². The maximum Gasteiger partial charge on any atom is 0.304 e. The van der Waals surface area contributed by atoms with Crippen molar-refractivity contribution >= 4 is 22.2 Å². The Bertz CT molecular complexity index is 679. The quantitative estimate of drug-likeness (QED) is 0.447. The van der Waals surface area contributed by atoms with Crippen LogP contribution in [0.1, 0.15) is 25.7 Å². The molecule has 9 heteroatoms. The first-order valence-electron chi connectivity index (χ1n) is 8.25. The van der Waals surface area contributed by atoms with Gasteiger partial charge < -0.3 is 5.11 Å². The molecule has 0 radical (unpaired) electrons. The number of aliphatic carboxylic acids is 1. The Morgan fingerprint density at radius 3 is 2.76 bits per heavy atom. The summed E-state index contributed by atoms with van der Waals surface area (Å²) in [6, 6.07) is 7.28. The van der Waals surface area contributed by atoms with Crippen LogP contribution < -0.4 is 15.4 Å². The highest BCUT2D eigenvalue weighted by atomic mass is 32.2. The topological polar surface area (TPSA) is 120 Å². The largest absolute Gasteiger partial charge is 0.481 e. The average Bonchev–Trinajstić information content (AvgIpc) is 2.59. The highest BCUT2D eigenvalue weighted by molar-refractivity contribution is 7.89. The van der Waals surface area contributed by atoms with Gasteiger partial charge in [0, 0.05) is 18.8 Å². The molecule has 1 aliphatic heterocycles. The van der Waals surface area contributed by atoms with Crippen LogP contribution in [-0.4, -0.2) is 51.1 Å². The molecular formula is C16H24N4O4S. The van der Waals surface area contributed by atoms with Gasteiger partial charge >= 0.3 is 5.97 Å². The van der Waals surface area contributed by atoms with Crippen molar-refractivity contribution in [3.05, 3.63) is 30.3 Å². The molecular weight excluding hydrogens is 344 g/mol. The van der Waals surface area contributed by atoms with E-state index in [-0.39, 0.29) is 17.6 Å². The van der Waals surface area contributed by atoms with E-state index in [1.165, 1.54) is 12.1 Å². The van der Waals surface area contributed by atoms with Crippen molar-refractivity contribution in [2.75, 3.05) is 13.1 Å². The smallest absolute Gasteiger partial charge is 0.304 e. The fourth-order valence-corrected chi connectivity index (χ4v) is 3.82. The van der Waals surface area contributed by atoms with E-state index in [0.717, 1.165) is 13.0 Å². The van der Waals surface area contributed by atoms with Crippen molar-refractivity contribution in [3.63, 3.8) is 0 Å². The van der Waals surface area contributed by atoms with Gasteiger partial charge in [0.1, 0.15) is 0 Å². The lowest BCUT2D eigenvalue weighted by Gasteiger charge is -2.20. The van der Waals surface area contributed by atoms with Gasteiger partial charge in [0.05, 0.1) is 11.3 Å². The van der Waals surface area contributed by atoms with Crippen molar-refractivity contribution in [3.8, 4) is 0 Å². The van der Waals surface area contributed by atoms with Gasteiger partial charge in [-0.1, -0.05) is 18.2 Å². The maximum atomic E-state index is 12.4. The van der Waals surface area contributed by atoms with Crippen LogP contribution in [0.3, 0.4) is 0 Å². The Hall–Kier alpha value is -1.81. The molecule has 25 heavy (non-hydrogen) atoms. The standard InChI is InChI=1S/C16H24N4O4S/c21-15(22)12-13(6-4-9-17-16-18-10-5-11-19-16)20-25(23,24)14-7-2-1-3-8-14/h1-3,7-8,10,13,16-17,19-20H,4-6,9,11-12H2,(H,21,22). The van der Waals surface area contributed by atoms with Gasteiger partial charge in [0.2, 0.25) is 10.0 Å². The van der Waals surface area contributed by atoms with Crippen molar-refractivity contribution in [1.29, 1.82) is 0 Å². The molecule has 0 fully saturated rings. The molecule has 1 aromatic rings. The predicted octanol–water partition coefficient (Wildman–Crippen LogP) is 0.526. The number of aliphatic imine (C=N–C) groups is 1. The van der Waals surface area contributed by atoms with Gasteiger partial charge in [-0.05, 0) is 37.9 Å². The fourth-order valence-electron chi connectivity index (χ4n) is 2.53. The summed E-state index contributed by atoms with van der Waals surface area (Å²) in [7, 11) is -3.73. The molecule has 0 saturated carbocycles. The highest BCUT2D eigenvalue weighted by Crippen LogP contribution is 2.11. The maximum absolute atomic E-state index is 12.4. The molecule has 1 aromatic carbocycles. The van der Waals surface area contributed by atoms with Crippen LogP contribution >= 0.6 is 0 Å². The van der Waals surface area contributed by atoms with Gasteiger partial charge in [0.25, 0.3) is 0 Å². The molecule has 2 atom stereocenters. The Labute approximate surface area is 147 Å². The average molecular weight is 368 g/mol. The van der Waals surface area contributed by atoms with Crippen LogP contribution in [0.2, 0.25) is 0 Å². The fraction of sp³-hybridized carbons (Fsp3) is 0.500. The van der Waals surface area contributed by atoms with E-state index in [1.54, 1.807) is 18.2 Å². The number of rotatable bonds is 10. The third kappa shape index (κ3) is 6.91. The molecule has 0 bridgehead atoms. The number of hydrogen-bond donors (Lipinski definition) is 4. The molecule has 0 spiro atoms. The van der Waals surface area contributed by atoms with E-state index >= 15 is 0 Å². The zero-order valence-corrected chi connectivity index (χ0v) is 14.7. The van der Waals surface area contributed by atoms with Crippen LogP contribution in [0.15, 0.2) is 40.2 Å². The van der Waals surface area contributed by atoms with E-state index < -0.39 is 22.0 Å². The molecule has 0 saturated heterocycles. The Morgan fingerprint density at radius 1 is 1.36 bits per heavy atom. The lowest BCUT2D eigenvalue weighted by atomic mass is 10.1. The number of nitrogens with one attached hydrogen (secondary N) is 3. The molecule has 2 unspecified atom stereocenters. The number of benzene rings is 1. The molecule has 8 nitrogen and oxygen atoms in total. The Morgan fingerprint density at radius 2 is 2.12 bits per heavy atom. The monoisotopic (exact) mass is 368 g/mol. The molecule has 0 amide bonds. The van der Waals surface area contributed by atoms with E-state index in [4.69, 9.17) is 5.11 Å². The zero-order valence-electron chi connectivity index (χ0n) is 13.9. The molecule has 1 aliphatic rings. The van der Waals surface area contributed by atoms with Gasteiger partial charge in [-0.3, -0.25) is 20.4 Å². The first-order chi connectivity index (χ1) is 12.0. The molecule has 0 aliphatic carbocycles. The van der Waals surface area contributed by atoms with Crippen LogP contribution in [0.5, 0.6) is 0 Å². The summed E-state index contributed by atoms with van der Waals surface area (Å²) >= 11 is 0. The predicted molar refractivity (Wildman–Crippen MR) is 94.9 cm³/mol. The molecule has 2 rings (SSSR count). The Balaban J connectivity index is 1.86. The summed E-state index contributed by atoms with van der Waals surface area (Å²) in [5, 5.41) is 15.4. The zero-order chi connectivity index (χ0) is 18.1. The van der Waals surface area contributed by atoms with Gasteiger partial charge in [-0.25, -0.2) is 13.1 Å². The van der Waals surface area contributed by atoms with Crippen molar-refractivity contribution in [2.24, 2.45) is 4.99 Å². The van der Waals surface area contributed by atoms with Crippen LogP contribution in [0.4, 0.5) is 0 Å². The summed E-state index contributed by atoms with van der Waals surface area (Å²) in [5.74, 6) is -1.03. The van der Waals surface area contributed by atoms with E-state index in [1.807, 2.05) is 6.21 Å². The molecule has 4 N–H and O–H groups in total. The van der Waals surface area contributed by atoms with E-state index in [2.05, 4.69) is 20.3 Å². The normalized spacial score (nSPS) is 18.8. The van der Waals surface area contributed by atoms with Gasteiger partial charge in [-0.15, -0.1) is 0 Å². The minimum Gasteiger partial charge on any atom is -0.481 e. The van der Waals surface area contributed by atoms with Crippen molar-refractivity contribution in [1.82, 2.24) is 15.4 Å². The number of carboxylic acid groups (broad SMARTS) is 1. The minimum atomic E-state index is -3.73. The number of nitrogens with zero attached hydrogens (tertiary/aromatic N) is 1. The van der Waals surface area contributed by atoms with Crippen molar-refractivity contribution < 1.29 is 18.3 Å². The number of carboxylic acids is 1. The van der Waals surface area contributed by atoms with Crippen LogP contribution in [-0.2, 0) is 14.8 Å². The third-order valence-electron chi connectivity index (χ3n) is 3.73. The molecule has 0 aromatic heterocycles. The lowest BCUT2D eigenvalue weighted by Crippen LogP contribution is -2.44. The summed E-state index contributed by atoms with van der Waals surface area (Å²) in [6.45, 7) is 1.47. The Kier molecular flexibility index (Phi) is 7.51. The third-order valence-corrected chi connectivity index (χ3v) is 5.27. The first-order valence-corrected chi connectivity index (χ1v) is 9.73. The van der Waals surface area contributed by atoms with Gasteiger partial charge in [0.15, 0.2) is 6.29 Å². The van der Waals surface area contributed by atoms with Crippen LogP contribution in [0, 0.1) is 0 Å². The number of carbonyl (C=O) groups is 1. The first kappa shape index (κ1) is 19.5. The SMILES string of the molecule is O=C(O)CC(CCCNC1N=CCCN1)NS(=O)(=O)c1ccccc1. The van der Waals surface area contributed by atoms with E-state index in [9.17, 15) is 13.2 Å². The summed E-state index contributed by atoms with van der Waals surface area (Å²) in [6.07, 6.45) is 3.42. The molecule has 138 valence electrons. The molecule has 1 heterocycles. The number of sulfonamides is 1. The summed E-state index contributed by atoms with van der Waals surface area (Å²) in [4.78, 5) is 15.4. The second kappa shape index (κ2) is 9.62. The summed E-state index contributed by atoms with van der Waals surface area (Å²) < 4.78 is 27.2. The number of hydrogen-bond acceptors (Lipinski definition) is 6. The second-order valence-corrected chi connectivity index (χ2v) is 7.52. The highest BCUT2D eigenvalue weighted by Gasteiger charge is 2.21. The lowest BCUT2D eigenvalue weighted by molar-refractivity contribution is -0.137. The van der Waals surface area contributed by atoms with Crippen LogP contribution in [0.25, 0.3) is 0 Å². The van der Waals surface area contributed by atoms with Gasteiger partial charge in [-0.2, -0.15) is 0 Å². The summed E-state index contributed by atoms with van der Waals surface area (Å²) in [5.41, 5.74) is 0. The van der Waals surface area contributed by atoms with Crippen molar-refractivity contribution in [2.45, 2.75) is 42.9 Å². The minimum absolute atomic E-state index is 0.129. The second-order valence-electron chi connectivity index (χ2n) is 5.80.